The van der Waals surface area contributed by atoms with E-state index < -0.39 is 5.97 Å². The van der Waals surface area contributed by atoms with Crippen LogP contribution in [0.5, 0.6) is 0 Å². The molecule has 23 heavy (non-hydrogen) atoms. The lowest BCUT2D eigenvalue weighted by Gasteiger charge is -2.02. The predicted molar refractivity (Wildman–Crippen MR) is 87.8 cm³/mol. The van der Waals surface area contributed by atoms with Gasteiger partial charge in [-0.15, -0.1) is 0 Å². The molecule has 4 heteroatoms. The molecule has 2 aromatic rings. The fraction of sp³-hybridized carbons (Fsp3) is 0.0526. The summed E-state index contributed by atoms with van der Waals surface area (Å²) in [6, 6.07) is 13.0. The van der Waals surface area contributed by atoms with Crippen molar-refractivity contribution in [2.45, 2.75) is 0 Å². The molecule has 2 rings (SSSR count). The highest BCUT2D eigenvalue weighted by atomic mass is 19.1. The molecule has 116 valence electrons. The van der Waals surface area contributed by atoms with E-state index in [0.29, 0.717) is 11.1 Å². The second-order valence-corrected chi connectivity index (χ2v) is 4.75. The molecule has 0 aliphatic rings. The summed E-state index contributed by atoms with van der Waals surface area (Å²) in [6.45, 7) is 0. The van der Waals surface area contributed by atoms with Gasteiger partial charge in [-0.25, -0.2) is 9.18 Å². The average molecular weight is 310 g/mol. The summed E-state index contributed by atoms with van der Waals surface area (Å²) in [5.74, 6) is -0.769. The van der Waals surface area contributed by atoms with Crippen molar-refractivity contribution >= 4 is 30.0 Å². The number of allylic oxidation sites excluding steroid dienone is 1. The number of carbonyl (C=O) groups is 2. The lowest BCUT2D eigenvalue weighted by molar-refractivity contribution is -0.134. The van der Waals surface area contributed by atoms with Crippen LogP contribution in [0.2, 0.25) is 0 Å². The van der Waals surface area contributed by atoms with Crippen LogP contribution in [0.3, 0.4) is 0 Å². The highest BCUT2D eigenvalue weighted by molar-refractivity contribution is 6.13. The number of halogens is 1. The Kier molecular flexibility index (Phi) is 5.58. The van der Waals surface area contributed by atoms with Gasteiger partial charge in [0, 0.05) is 11.6 Å². The topological polar surface area (TPSA) is 43.4 Å². The van der Waals surface area contributed by atoms with Gasteiger partial charge in [-0.05, 0) is 41.0 Å². The molecule has 0 N–H and O–H groups in total. The molecule has 3 nitrogen and oxygen atoms in total. The molecule has 0 spiro atoms. The molecule has 0 amide bonds. The maximum Gasteiger partial charge on any atom is 0.330 e. The van der Waals surface area contributed by atoms with Gasteiger partial charge in [-0.3, -0.25) is 4.79 Å². The molecule has 0 aliphatic carbocycles. The van der Waals surface area contributed by atoms with Crippen molar-refractivity contribution in [1.29, 1.82) is 0 Å². The van der Waals surface area contributed by atoms with Crippen molar-refractivity contribution in [2.24, 2.45) is 0 Å². The Bertz CT molecular complexity index is 741. The van der Waals surface area contributed by atoms with E-state index in [4.69, 9.17) is 0 Å². The molecule has 0 aromatic heterocycles. The molecular formula is C19H15FO3. The Hall–Kier alpha value is -3.01. The van der Waals surface area contributed by atoms with Crippen molar-refractivity contribution in [3.63, 3.8) is 0 Å². The first-order valence-electron chi connectivity index (χ1n) is 6.91. The lowest BCUT2D eigenvalue weighted by atomic mass is 10.0. The molecule has 2 aromatic carbocycles. The van der Waals surface area contributed by atoms with Crippen LogP contribution in [0.4, 0.5) is 4.39 Å². The second kappa shape index (κ2) is 7.84. The third-order valence-corrected chi connectivity index (χ3v) is 3.18. The minimum absolute atomic E-state index is 0.347. The minimum Gasteiger partial charge on any atom is -0.466 e. The van der Waals surface area contributed by atoms with Gasteiger partial charge >= 0.3 is 5.97 Å². The van der Waals surface area contributed by atoms with Gasteiger partial charge in [-0.2, -0.15) is 0 Å². The Labute approximate surface area is 133 Å². The average Bonchev–Trinajstić information content (AvgIpc) is 2.59. The number of ether oxygens (including phenoxy) is 1. The SMILES string of the molecule is COC(=O)C=Cc1ccc(/C=C(/C=O)c2ccc(F)cc2)cc1. The summed E-state index contributed by atoms with van der Waals surface area (Å²) in [6.07, 6.45) is 5.42. The molecule has 0 atom stereocenters. The molecule has 0 aliphatic heterocycles. The number of carbonyl (C=O) groups excluding carboxylic acids is 2. The molecule has 0 radical (unpaired) electrons. The third kappa shape index (κ3) is 4.74. The predicted octanol–water partition coefficient (Wildman–Crippen LogP) is 3.75. The lowest BCUT2D eigenvalue weighted by Crippen LogP contribution is -1.93. The Balaban J connectivity index is 2.20. The first-order chi connectivity index (χ1) is 11.1. The van der Waals surface area contributed by atoms with Crippen LogP contribution in [0, 0.1) is 5.82 Å². The molecule has 0 heterocycles. The van der Waals surface area contributed by atoms with Crippen molar-refractivity contribution in [3.05, 3.63) is 77.1 Å². The zero-order valence-corrected chi connectivity index (χ0v) is 12.5. The third-order valence-electron chi connectivity index (χ3n) is 3.18. The second-order valence-electron chi connectivity index (χ2n) is 4.75. The Morgan fingerprint density at radius 2 is 1.61 bits per heavy atom. The number of hydrogen-bond donors (Lipinski definition) is 0. The van der Waals surface area contributed by atoms with Gasteiger partial charge < -0.3 is 4.74 Å². The van der Waals surface area contributed by atoms with Gasteiger partial charge in [0.2, 0.25) is 0 Å². The molecule has 0 unspecified atom stereocenters. The first kappa shape index (κ1) is 16.4. The Morgan fingerprint density at radius 3 is 2.17 bits per heavy atom. The Morgan fingerprint density at radius 1 is 1.00 bits per heavy atom. The maximum atomic E-state index is 12.9. The van der Waals surface area contributed by atoms with Crippen molar-refractivity contribution in [3.8, 4) is 0 Å². The van der Waals surface area contributed by atoms with Crippen LogP contribution in [-0.4, -0.2) is 19.4 Å². The van der Waals surface area contributed by atoms with Crippen LogP contribution >= 0.6 is 0 Å². The number of esters is 1. The van der Waals surface area contributed by atoms with Crippen LogP contribution in [-0.2, 0) is 14.3 Å². The van der Waals surface area contributed by atoms with Gasteiger partial charge in [0.15, 0.2) is 6.29 Å². The summed E-state index contributed by atoms with van der Waals surface area (Å²) in [5, 5.41) is 0. The van der Waals surface area contributed by atoms with Gasteiger partial charge in [0.05, 0.1) is 7.11 Å². The molecule has 0 saturated heterocycles. The van der Waals surface area contributed by atoms with Gasteiger partial charge in [0.25, 0.3) is 0 Å². The van der Waals surface area contributed by atoms with E-state index in [2.05, 4.69) is 4.74 Å². The van der Waals surface area contributed by atoms with E-state index in [0.717, 1.165) is 17.4 Å². The van der Waals surface area contributed by atoms with Crippen molar-refractivity contribution in [2.75, 3.05) is 7.11 Å². The monoisotopic (exact) mass is 310 g/mol. The van der Waals surface area contributed by atoms with E-state index >= 15 is 0 Å². The maximum absolute atomic E-state index is 12.9. The van der Waals surface area contributed by atoms with E-state index in [9.17, 15) is 14.0 Å². The summed E-state index contributed by atoms with van der Waals surface area (Å²) in [7, 11) is 1.32. The number of benzene rings is 2. The first-order valence-corrected chi connectivity index (χ1v) is 6.91. The summed E-state index contributed by atoms with van der Waals surface area (Å²) in [5.41, 5.74) is 2.77. The summed E-state index contributed by atoms with van der Waals surface area (Å²) >= 11 is 0. The molecule has 0 saturated carbocycles. The smallest absolute Gasteiger partial charge is 0.330 e. The molecule has 0 fully saturated rings. The van der Waals surface area contributed by atoms with E-state index in [1.54, 1.807) is 24.3 Å². The zero-order chi connectivity index (χ0) is 16.7. The van der Waals surface area contributed by atoms with Crippen LogP contribution in [0.1, 0.15) is 16.7 Å². The van der Waals surface area contributed by atoms with Gasteiger partial charge in [-0.1, -0.05) is 36.4 Å². The van der Waals surface area contributed by atoms with Crippen LogP contribution in [0.15, 0.2) is 54.6 Å². The zero-order valence-electron chi connectivity index (χ0n) is 12.5. The normalized spacial score (nSPS) is 11.5. The fourth-order valence-electron chi connectivity index (χ4n) is 1.94. The largest absolute Gasteiger partial charge is 0.466 e. The number of aldehydes is 1. The van der Waals surface area contributed by atoms with Crippen molar-refractivity contribution in [1.82, 2.24) is 0 Å². The number of hydrogen-bond acceptors (Lipinski definition) is 3. The number of rotatable bonds is 5. The van der Waals surface area contributed by atoms with E-state index in [1.165, 1.54) is 25.3 Å². The number of methoxy groups -OCH3 is 1. The van der Waals surface area contributed by atoms with E-state index in [1.807, 2.05) is 24.3 Å². The van der Waals surface area contributed by atoms with E-state index in [-0.39, 0.29) is 5.82 Å². The van der Waals surface area contributed by atoms with Gasteiger partial charge in [0.1, 0.15) is 5.82 Å². The minimum atomic E-state index is -0.423. The van der Waals surface area contributed by atoms with Crippen LogP contribution < -0.4 is 0 Å². The highest BCUT2D eigenvalue weighted by Crippen LogP contribution is 2.17. The molecular weight excluding hydrogens is 295 g/mol. The molecule has 0 bridgehead atoms. The summed E-state index contributed by atoms with van der Waals surface area (Å²) < 4.78 is 17.5. The standard InChI is InChI=1S/C19H15FO3/c1-23-19(22)11-6-14-2-4-15(5-3-14)12-17(13-21)16-7-9-18(20)10-8-16/h2-13H,1H3/b11-6?,17-12-. The highest BCUT2D eigenvalue weighted by Gasteiger charge is 2.01. The van der Waals surface area contributed by atoms with Crippen LogP contribution in [0.25, 0.3) is 17.7 Å². The summed E-state index contributed by atoms with van der Waals surface area (Å²) in [4.78, 5) is 22.3. The quantitative estimate of drug-likeness (QED) is 0.365. The fourth-order valence-corrected chi connectivity index (χ4v) is 1.94. The van der Waals surface area contributed by atoms with Crippen molar-refractivity contribution < 1.29 is 18.7 Å².